The molecule has 0 spiro atoms. The predicted molar refractivity (Wildman–Crippen MR) is 82.0 cm³/mol. The largest absolute Gasteiger partial charge is 0.497 e. The van der Waals surface area contributed by atoms with Crippen molar-refractivity contribution in [3.8, 4) is 11.5 Å². The Labute approximate surface area is 125 Å². The van der Waals surface area contributed by atoms with Gasteiger partial charge in [-0.25, -0.2) is 0 Å². The van der Waals surface area contributed by atoms with Gasteiger partial charge >= 0.3 is 0 Å². The molecule has 3 nitrogen and oxygen atoms in total. The van der Waals surface area contributed by atoms with Crippen molar-refractivity contribution in [2.45, 2.75) is 25.4 Å². The molecule has 0 aliphatic carbocycles. The van der Waals surface area contributed by atoms with E-state index in [1.807, 2.05) is 36.4 Å². The van der Waals surface area contributed by atoms with Gasteiger partial charge in [0.05, 0.1) is 13.7 Å². The first kappa shape index (κ1) is 14.0. The highest BCUT2D eigenvalue weighted by molar-refractivity contribution is 5.47. The molecule has 21 heavy (non-hydrogen) atoms. The van der Waals surface area contributed by atoms with Crippen LogP contribution in [0.4, 0.5) is 0 Å². The van der Waals surface area contributed by atoms with Gasteiger partial charge in [0.1, 0.15) is 17.6 Å². The summed E-state index contributed by atoms with van der Waals surface area (Å²) < 4.78 is 10.8. The van der Waals surface area contributed by atoms with Gasteiger partial charge in [-0.15, -0.1) is 0 Å². The molecule has 1 aliphatic heterocycles. The van der Waals surface area contributed by atoms with E-state index in [1.54, 1.807) is 7.11 Å². The van der Waals surface area contributed by atoms with Gasteiger partial charge < -0.3 is 14.6 Å². The third kappa shape index (κ3) is 2.49. The average Bonchev–Trinajstić information content (AvgIpc) is 2.82. The lowest BCUT2D eigenvalue weighted by atomic mass is 9.85. The maximum atomic E-state index is 10.6. The molecule has 1 atom stereocenters. The van der Waals surface area contributed by atoms with Gasteiger partial charge in [-0.05, 0) is 35.4 Å². The summed E-state index contributed by atoms with van der Waals surface area (Å²) in [4.78, 5) is 0. The Hall–Kier alpha value is -2.00. The Morgan fingerprint density at radius 3 is 2.43 bits per heavy atom. The van der Waals surface area contributed by atoms with Crippen molar-refractivity contribution in [2.75, 3.05) is 13.7 Å². The number of rotatable bonds is 3. The van der Waals surface area contributed by atoms with Crippen LogP contribution in [0.15, 0.2) is 42.5 Å². The maximum Gasteiger partial charge on any atom is 0.123 e. The van der Waals surface area contributed by atoms with Crippen molar-refractivity contribution >= 4 is 0 Å². The highest BCUT2D eigenvalue weighted by Crippen LogP contribution is 2.40. The fraction of sp³-hybridized carbons (Fsp3) is 0.333. The SMILES string of the molecule is COc1ccc(C(O)c2ccc3c(c2)C(C)(C)CO3)cc1. The fourth-order valence-electron chi connectivity index (χ4n) is 2.69. The second-order valence-electron chi connectivity index (χ2n) is 6.10. The molecule has 0 aromatic heterocycles. The van der Waals surface area contributed by atoms with Gasteiger partial charge in [0.25, 0.3) is 0 Å². The molecular formula is C18H20O3. The molecule has 1 aliphatic rings. The number of hydrogen-bond acceptors (Lipinski definition) is 3. The molecule has 0 saturated heterocycles. The lowest BCUT2D eigenvalue weighted by molar-refractivity contribution is 0.220. The van der Waals surface area contributed by atoms with Crippen molar-refractivity contribution < 1.29 is 14.6 Å². The van der Waals surface area contributed by atoms with Crippen molar-refractivity contribution in [2.24, 2.45) is 0 Å². The number of ether oxygens (including phenoxy) is 2. The lowest BCUT2D eigenvalue weighted by Gasteiger charge is -2.18. The minimum Gasteiger partial charge on any atom is -0.497 e. The molecule has 0 saturated carbocycles. The summed E-state index contributed by atoms with van der Waals surface area (Å²) in [5.41, 5.74) is 2.89. The molecule has 0 amide bonds. The molecule has 0 bridgehead atoms. The van der Waals surface area contributed by atoms with E-state index in [9.17, 15) is 5.11 Å². The van der Waals surface area contributed by atoms with Crippen molar-refractivity contribution in [1.82, 2.24) is 0 Å². The summed E-state index contributed by atoms with van der Waals surface area (Å²) in [5, 5.41) is 10.6. The molecular weight excluding hydrogens is 264 g/mol. The Kier molecular flexibility index (Phi) is 3.38. The zero-order valence-electron chi connectivity index (χ0n) is 12.6. The first-order valence-electron chi connectivity index (χ1n) is 7.10. The molecule has 0 radical (unpaired) electrons. The Morgan fingerprint density at radius 1 is 1.10 bits per heavy atom. The van der Waals surface area contributed by atoms with Crippen LogP contribution in [0.5, 0.6) is 11.5 Å². The van der Waals surface area contributed by atoms with Crippen LogP contribution < -0.4 is 9.47 Å². The quantitative estimate of drug-likeness (QED) is 0.938. The van der Waals surface area contributed by atoms with E-state index in [1.165, 1.54) is 0 Å². The normalized spacial score (nSPS) is 17.0. The topological polar surface area (TPSA) is 38.7 Å². The Bertz CT molecular complexity index is 644. The van der Waals surface area contributed by atoms with Crippen molar-refractivity contribution in [3.63, 3.8) is 0 Å². The van der Waals surface area contributed by atoms with Crippen LogP contribution in [0.1, 0.15) is 36.6 Å². The first-order valence-corrected chi connectivity index (χ1v) is 7.10. The summed E-state index contributed by atoms with van der Waals surface area (Å²) in [7, 11) is 1.63. The van der Waals surface area contributed by atoms with E-state index in [-0.39, 0.29) is 5.41 Å². The highest BCUT2D eigenvalue weighted by atomic mass is 16.5. The van der Waals surface area contributed by atoms with Crippen molar-refractivity contribution in [1.29, 1.82) is 0 Å². The van der Waals surface area contributed by atoms with Crippen LogP contribution in [-0.4, -0.2) is 18.8 Å². The monoisotopic (exact) mass is 284 g/mol. The first-order chi connectivity index (χ1) is 10.0. The van der Waals surface area contributed by atoms with E-state index in [0.717, 1.165) is 28.2 Å². The van der Waals surface area contributed by atoms with Crippen LogP contribution in [-0.2, 0) is 5.41 Å². The zero-order valence-corrected chi connectivity index (χ0v) is 12.6. The van der Waals surface area contributed by atoms with Crippen LogP contribution in [0.2, 0.25) is 0 Å². The molecule has 1 N–H and O–H groups in total. The van der Waals surface area contributed by atoms with Gasteiger partial charge in [0.15, 0.2) is 0 Å². The minimum absolute atomic E-state index is 0.00896. The van der Waals surface area contributed by atoms with Crippen LogP contribution >= 0.6 is 0 Å². The summed E-state index contributed by atoms with van der Waals surface area (Å²) in [6.07, 6.45) is -0.641. The predicted octanol–water partition coefficient (Wildman–Crippen LogP) is 3.45. The van der Waals surface area contributed by atoms with Gasteiger partial charge in [-0.1, -0.05) is 32.0 Å². The summed E-state index contributed by atoms with van der Waals surface area (Å²) in [6, 6.07) is 13.4. The third-order valence-corrected chi connectivity index (χ3v) is 4.07. The summed E-state index contributed by atoms with van der Waals surface area (Å²) >= 11 is 0. The maximum absolute atomic E-state index is 10.6. The standard InChI is InChI=1S/C18H20O3/c1-18(2)11-21-16-9-6-13(10-15(16)18)17(19)12-4-7-14(20-3)8-5-12/h4-10,17,19H,11H2,1-3H3. The minimum atomic E-state index is -0.641. The smallest absolute Gasteiger partial charge is 0.123 e. The van der Waals surface area contributed by atoms with E-state index >= 15 is 0 Å². The molecule has 0 fully saturated rings. The van der Waals surface area contributed by atoms with E-state index < -0.39 is 6.10 Å². The Morgan fingerprint density at radius 2 is 1.76 bits per heavy atom. The van der Waals surface area contributed by atoms with Crippen LogP contribution in [0, 0.1) is 0 Å². The second kappa shape index (κ2) is 5.08. The number of methoxy groups -OCH3 is 1. The van der Waals surface area contributed by atoms with E-state index in [0.29, 0.717) is 6.61 Å². The number of aliphatic hydroxyl groups excluding tert-OH is 1. The van der Waals surface area contributed by atoms with Gasteiger partial charge in [-0.2, -0.15) is 0 Å². The molecule has 3 heteroatoms. The number of aliphatic hydroxyl groups is 1. The molecule has 1 heterocycles. The second-order valence-corrected chi connectivity index (χ2v) is 6.10. The Balaban J connectivity index is 1.93. The molecule has 1 unspecified atom stereocenters. The molecule has 2 aromatic rings. The number of benzene rings is 2. The lowest BCUT2D eigenvalue weighted by Crippen LogP contribution is -2.18. The number of fused-ring (bicyclic) bond motifs is 1. The highest BCUT2D eigenvalue weighted by Gasteiger charge is 2.32. The summed E-state index contributed by atoms with van der Waals surface area (Å²) in [6.45, 7) is 5.00. The fourth-order valence-corrected chi connectivity index (χ4v) is 2.69. The van der Waals surface area contributed by atoms with Gasteiger partial charge in [0, 0.05) is 11.0 Å². The van der Waals surface area contributed by atoms with Gasteiger partial charge in [-0.3, -0.25) is 0 Å². The summed E-state index contributed by atoms with van der Waals surface area (Å²) in [5.74, 6) is 1.71. The van der Waals surface area contributed by atoms with Crippen molar-refractivity contribution in [3.05, 3.63) is 59.2 Å². The molecule has 110 valence electrons. The van der Waals surface area contributed by atoms with Crippen LogP contribution in [0.3, 0.4) is 0 Å². The third-order valence-electron chi connectivity index (χ3n) is 4.07. The van der Waals surface area contributed by atoms with E-state index in [2.05, 4.69) is 19.9 Å². The average molecular weight is 284 g/mol. The van der Waals surface area contributed by atoms with E-state index in [4.69, 9.17) is 9.47 Å². The zero-order chi connectivity index (χ0) is 15.0. The molecule has 2 aromatic carbocycles. The van der Waals surface area contributed by atoms with Crippen LogP contribution in [0.25, 0.3) is 0 Å². The van der Waals surface area contributed by atoms with Gasteiger partial charge in [0.2, 0.25) is 0 Å². The molecule has 3 rings (SSSR count). The number of hydrogen-bond donors (Lipinski definition) is 1.